The van der Waals surface area contributed by atoms with Crippen molar-refractivity contribution in [1.29, 1.82) is 0 Å². The molecule has 1 amide bonds. The van der Waals surface area contributed by atoms with Crippen molar-refractivity contribution in [3.8, 4) is 0 Å². The maximum Gasteiger partial charge on any atom is 0.238 e. The van der Waals surface area contributed by atoms with Gasteiger partial charge in [-0.15, -0.1) is 0 Å². The molecule has 1 aliphatic heterocycles. The van der Waals surface area contributed by atoms with Crippen molar-refractivity contribution in [2.24, 2.45) is 0 Å². The van der Waals surface area contributed by atoms with Crippen LogP contribution in [0.25, 0.3) is 0 Å². The number of hydrogen-bond donors (Lipinski definition) is 1. The Hall–Kier alpha value is -0.660. The van der Waals surface area contributed by atoms with Gasteiger partial charge in [0.1, 0.15) is 0 Å². The van der Waals surface area contributed by atoms with Crippen molar-refractivity contribution >= 4 is 15.9 Å². The first-order valence-corrected chi connectivity index (χ1v) is 8.12. The zero-order valence-electron chi connectivity index (χ0n) is 11.3. The van der Waals surface area contributed by atoms with E-state index in [1.807, 2.05) is 11.8 Å². The zero-order valence-corrected chi connectivity index (χ0v) is 12.2. The van der Waals surface area contributed by atoms with Crippen LogP contribution >= 0.6 is 0 Å². The number of carbonyl (C=O) groups is 1. The lowest BCUT2D eigenvalue weighted by Crippen LogP contribution is -2.47. The van der Waals surface area contributed by atoms with Crippen molar-refractivity contribution in [2.45, 2.75) is 25.8 Å². The number of carbonyl (C=O) groups excluding carboxylic acids is 1. The Labute approximate surface area is 109 Å². The fraction of sp³-hybridized carbons (Fsp3) is 0.909. The standard InChI is InChI=1S/C11H23N3O3S/c1-4-7-14(10-5-6-12-8-10)11(15)9-13(2)18(3,16)17/h10,12H,4-9H2,1-3H3. The maximum absolute atomic E-state index is 12.2. The van der Waals surface area contributed by atoms with Crippen LogP contribution in [0.5, 0.6) is 0 Å². The van der Waals surface area contributed by atoms with Gasteiger partial charge in [0.25, 0.3) is 0 Å². The highest BCUT2D eigenvalue weighted by Gasteiger charge is 2.27. The number of amides is 1. The van der Waals surface area contributed by atoms with Crippen LogP contribution in [0.1, 0.15) is 19.8 Å². The summed E-state index contributed by atoms with van der Waals surface area (Å²) < 4.78 is 23.7. The molecular weight excluding hydrogens is 254 g/mol. The summed E-state index contributed by atoms with van der Waals surface area (Å²) in [6, 6.07) is 0.199. The molecule has 0 saturated carbocycles. The van der Waals surface area contributed by atoms with Gasteiger partial charge in [-0.25, -0.2) is 8.42 Å². The average Bonchev–Trinajstić information content (AvgIpc) is 2.77. The summed E-state index contributed by atoms with van der Waals surface area (Å²) in [5.74, 6) is -0.113. The highest BCUT2D eigenvalue weighted by molar-refractivity contribution is 7.88. The van der Waals surface area contributed by atoms with E-state index in [1.165, 1.54) is 7.05 Å². The summed E-state index contributed by atoms with van der Waals surface area (Å²) in [4.78, 5) is 14.0. The van der Waals surface area contributed by atoms with Gasteiger partial charge in [0.05, 0.1) is 12.8 Å². The summed E-state index contributed by atoms with van der Waals surface area (Å²) in [5.41, 5.74) is 0. The molecule has 1 heterocycles. The third kappa shape index (κ3) is 4.22. The molecule has 1 aliphatic rings. The number of rotatable bonds is 6. The molecule has 0 aromatic heterocycles. The summed E-state index contributed by atoms with van der Waals surface area (Å²) in [6.07, 6.45) is 2.93. The smallest absolute Gasteiger partial charge is 0.238 e. The normalized spacial score (nSPS) is 20.3. The molecule has 0 bridgehead atoms. The van der Waals surface area contributed by atoms with E-state index in [0.29, 0.717) is 6.54 Å². The SMILES string of the molecule is CCCN(C(=O)CN(C)S(C)(=O)=O)C1CCNC1. The van der Waals surface area contributed by atoms with Crippen molar-refractivity contribution in [2.75, 3.05) is 39.5 Å². The van der Waals surface area contributed by atoms with Crippen molar-refractivity contribution < 1.29 is 13.2 Å². The van der Waals surface area contributed by atoms with E-state index in [2.05, 4.69) is 5.32 Å². The molecule has 6 nitrogen and oxygen atoms in total. The molecule has 0 spiro atoms. The van der Waals surface area contributed by atoms with Gasteiger partial charge in [-0.05, 0) is 19.4 Å². The Balaban J connectivity index is 2.65. The minimum atomic E-state index is -3.30. The van der Waals surface area contributed by atoms with Crippen molar-refractivity contribution in [3.05, 3.63) is 0 Å². The number of sulfonamides is 1. The van der Waals surface area contributed by atoms with Gasteiger partial charge in [0, 0.05) is 26.2 Å². The molecule has 18 heavy (non-hydrogen) atoms. The zero-order chi connectivity index (χ0) is 13.8. The number of nitrogens with one attached hydrogen (secondary N) is 1. The minimum Gasteiger partial charge on any atom is -0.337 e. The van der Waals surface area contributed by atoms with Gasteiger partial charge < -0.3 is 10.2 Å². The van der Waals surface area contributed by atoms with E-state index in [0.717, 1.165) is 36.5 Å². The molecule has 1 atom stereocenters. The fourth-order valence-corrected chi connectivity index (χ4v) is 2.40. The lowest BCUT2D eigenvalue weighted by Gasteiger charge is -2.29. The lowest BCUT2D eigenvalue weighted by molar-refractivity contribution is -0.133. The highest BCUT2D eigenvalue weighted by Crippen LogP contribution is 2.10. The molecule has 1 fully saturated rings. The minimum absolute atomic E-state index is 0.0741. The molecule has 1 unspecified atom stereocenters. The van der Waals surface area contributed by atoms with Crippen LogP contribution in [0.2, 0.25) is 0 Å². The van der Waals surface area contributed by atoms with E-state index in [9.17, 15) is 13.2 Å². The monoisotopic (exact) mass is 277 g/mol. The van der Waals surface area contributed by atoms with E-state index in [1.54, 1.807) is 0 Å². The maximum atomic E-state index is 12.2. The second kappa shape index (κ2) is 6.49. The summed E-state index contributed by atoms with van der Waals surface area (Å²) in [7, 11) is -1.86. The van der Waals surface area contributed by atoms with E-state index >= 15 is 0 Å². The molecule has 1 N–H and O–H groups in total. The van der Waals surface area contributed by atoms with Crippen molar-refractivity contribution in [1.82, 2.24) is 14.5 Å². The fourth-order valence-electron chi connectivity index (χ4n) is 2.06. The second-order valence-electron chi connectivity index (χ2n) is 4.75. The van der Waals surface area contributed by atoms with Gasteiger partial charge in [0.2, 0.25) is 15.9 Å². The molecule has 0 radical (unpaired) electrons. The van der Waals surface area contributed by atoms with Crippen LogP contribution in [0, 0.1) is 0 Å². The largest absolute Gasteiger partial charge is 0.337 e. The van der Waals surface area contributed by atoms with Gasteiger partial charge in [-0.1, -0.05) is 6.92 Å². The second-order valence-corrected chi connectivity index (χ2v) is 6.84. The Morgan fingerprint density at radius 1 is 1.44 bits per heavy atom. The molecule has 0 aromatic carbocycles. The number of hydrogen-bond acceptors (Lipinski definition) is 4. The predicted octanol–water partition coefficient (Wildman–Crippen LogP) is -0.522. The molecule has 106 valence electrons. The molecular formula is C11H23N3O3S. The first kappa shape index (κ1) is 15.4. The summed E-state index contributed by atoms with van der Waals surface area (Å²) in [6.45, 7) is 4.34. The Kier molecular flexibility index (Phi) is 5.55. The van der Waals surface area contributed by atoms with Crippen LogP contribution in [-0.2, 0) is 14.8 Å². The third-order valence-corrected chi connectivity index (χ3v) is 4.45. The van der Waals surface area contributed by atoms with Crippen LogP contribution in [0.15, 0.2) is 0 Å². The molecule has 1 saturated heterocycles. The van der Waals surface area contributed by atoms with E-state index in [-0.39, 0.29) is 18.5 Å². The van der Waals surface area contributed by atoms with Gasteiger partial charge in [-0.3, -0.25) is 4.79 Å². The topological polar surface area (TPSA) is 69.7 Å². The first-order valence-electron chi connectivity index (χ1n) is 6.27. The van der Waals surface area contributed by atoms with Gasteiger partial charge >= 0.3 is 0 Å². The van der Waals surface area contributed by atoms with Crippen LogP contribution in [-0.4, -0.2) is 69.1 Å². The molecule has 0 aromatic rings. The molecule has 1 rings (SSSR count). The summed E-state index contributed by atoms with van der Waals surface area (Å²) in [5, 5.41) is 3.22. The Morgan fingerprint density at radius 2 is 2.11 bits per heavy atom. The Morgan fingerprint density at radius 3 is 2.56 bits per heavy atom. The van der Waals surface area contributed by atoms with Gasteiger partial charge in [-0.2, -0.15) is 4.31 Å². The quantitative estimate of drug-likeness (QED) is 0.709. The van der Waals surface area contributed by atoms with E-state index < -0.39 is 10.0 Å². The number of nitrogens with zero attached hydrogens (tertiary/aromatic N) is 2. The average molecular weight is 277 g/mol. The third-order valence-electron chi connectivity index (χ3n) is 3.18. The lowest BCUT2D eigenvalue weighted by atomic mass is 10.2. The molecule has 7 heteroatoms. The number of likely N-dealkylation sites (N-methyl/N-ethyl adjacent to an activating group) is 1. The van der Waals surface area contributed by atoms with Gasteiger partial charge in [0.15, 0.2) is 0 Å². The van der Waals surface area contributed by atoms with Crippen LogP contribution in [0.4, 0.5) is 0 Å². The van der Waals surface area contributed by atoms with E-state index in [4.69, 9.17) is 0 Å². The first-order chi connectivity index (χ1) is 8.36. The molecule has 0 aliphatic carbocycles. The van der Waals surface area contributed by atoms with Crippen LogP contribution in [0.3, 0.4) is 0 Å². The predicted molar refractivity (Wildman–Crippen MR) is 70.8 cm³/mol. The summed E-state index contributed by atoms with van der Waals surface area (Å²) >= 11 is 0. The Bertz CT molecular complexity index is 377. The highest BCUT2D eigenvalue weighted by atomic mass is 32.2. The van der Waals surface area contributed by atoms with Crippen molar-refractivity contribution in [3.63, 3.8) is 0 Å². The van der Waals surface area contributed by atoms with Crippen LogP contribution < -0.4 is 5.32 Å².